The van der Waals surface area contributed by atoms with Crippen molar-refractivity contribution >= 4 is 29.2 Å². The van der Waals surface area contributed by atoms with Gasteiger partial charge in [0, 0.05) is 19.3 Å². The summed E-state index contributed by atoms with van der Waals surface area (Å²) < 4.78 is 5.72. The zero-order chi connectivity index (χ0) is 20.1. The molecule has 0 aliphatic carbocycles. The molecule has 7 heteroatoms. The molecule has 0 saturated carbocycles. The Balaban J connectivity index is 1.54. The number of carbonyl (C=O) groups is 2. The molecule has 1 aromatic heterocycles. The lowest BCUT2D eigenvalue weighted by Gasteiger charge is -2.32. The summed E-state index contributed by atoms with van der Waals surface area (Å²) >= 11 is 5.81. The van der Waals surface area contributed by atoms with E-state index in [9.17, 15) is 9.59 Å². The molecule has 2 amide bonds. The number of pyridine rings is 1. The number of aryl methyl sites for hydroxylation is 2. The summed E-state index contributed by atoms with van der Waals surface area (Å²) in [5.41, 5.74) is 2.07. The Hall–Kier alpha value is -2.60. The van der Waals surface area contributed by atoms with Crippen LogP contribution in [0.5, 0.6) is 5.75 Å². The van der Waals surface area contributed by atoms with Gasteiger partial charge in [-0.05, 0) is 56.0 Å². The molecule has 1 atom stereocenters. The van der Waals surface area contributed by atoms with Crippen LogP contribution in [0.4, 0.5) is 5.82 Å². The van der Waals surface area contributed by atoms with Crippen molar-refractivity contribution < 1.29 is 14.3 Å². The van der Waals surface area contributed by atoms with E-state index in [2.05, 4.69) is 10.3 Å². The van der Waals surface area contributed by atoms with E-state index in [0.717, 1.165) is 24.0 Å². The molecule has 1 N–H and O–H groups in total. The van der Waals surface area contributed by atoms with Crippen LogP contribution in [0.15, 0.2) is 36.5 Å². The van der Waals surface area contributed by atoms with Crippen molar-refractivity contribution in [2.75, 3.05) is 25.0 Å². The molecule has 1 aliphatic heterocycles. The molecule has 6 nitrogen and oxygen atoms in total. The van der Waals surface area contributed by atoms with Crippen LogP contribution >= 0.6 is 11.6 Å². The highest BCUT2D eigenvalue weighted by Crippen LogP contribution is 2.21. The maximum Gasteiger partial charge on any atom is 0.260 e. The number of carbonyl (C=O) groups excluding carboxylic acids is 2. The molecule has 1 fully saturated rings. The van der Waals surface area contributed by atoms with Gasteiger partial charge in [-0.25, -0.2) is 4.98 Å². The number of hydrogen-bond acceptors (Lipinski definition) is 4. The van der Waals surface area contributed by atoms with Crippen LogP contribution < -0.4 is 10.1 Å². The van der Waals surface area contributed by atoms with E-state index in [4.69, 9.17) is 16.3 Å². The number of nitrogens with one attached hydrogen (secondary N) is 1. The average molecular weight is 402 g/mol. The molecule has 1 aliphatic rings. The predicted molar refractivity (Wildman–Crippen MR) is 109 cm³/mol. The molecule has 2 aromatic rings. The Bertz CT molecular complexity index is 854. The van der Waals surface area contributed by atoms with Crippen molar-refractivity contribution in [3.63, 3.8) is 0 Å². The van der Waals surface area contributed by atoms with E-state index in [0.29, 0.717) is 29.7 Å². The number of hydrogen-bond donors (Lipinski definition) is 1. The highest BCUT2D eigenvalue weighted by atomic mass is 35.5. The molecule has 3 rings (SSSR count). The first-order chi connectivity index (χ1) is 13.4. The quantitative estimate of drug-likeness (QED) is 0.830. The molecular weight excluding hydrogens is 378 g/mol. The monoisotopic (exact) mass is 401 g/mol. The van der Waals surface area contributed by atoms with Crippen molar-refractivity contribution in [2.24, 2.45) is 5.92 Å². The number of anilines is 1. The number of rotatable bonds is 5. The van der Waals surface area contributed by atoms with E-state index >= 15 is 0 Å². The average Bonchev–Trinajstić information content (AvgIpc) is 2.70. The number of nitrogens with zero attached hydrogens (tertiary/aromatic N) is 2. The van der Waals surface area contributed by atoms with Crippen LogP contribution in [-0.4, -0.2) is 41.4 Å². The van der Waals surface area contributed by atoms with Crippen LogP contribution in [0.25, 0.3) is 0 Å². The van der Waals surface area contributed by atoms with Gasteiger partial charge in [0.1, 0.15) is 11.6 Å². The molecule has 0 radical (unpaired) electrons. The molecular formula is C21H24ClN3O3. The Morgan fingerprint density at radius 1 is 1.29 bits per heavy atom. The molecule has 1 saturated heterocycles. The first kappa shape index (κ1) is 20.1. The first-order valence-corrected chi connectivity index (χ1v) is 9.70. The predicted octanol–water partition coefficient (Wildman–Crippen LogP) is 3.61. The minimum Gasteiger partial charge on any atom is -0.483 e. The summed E-state index contributed by atoms with van der Waals surface area (Å²) in [6.45, 7) is 4.92. The normalized spacial score (nSPS) is 16.5. The number of halogens is 1. The molecule has 0 spiro atoms. The Labute approximate surface area is 169 Å². The number of ether oxygens (including phenoxy) is 1. The Morgan fingerprint density at radius 3 is 2.86 bits per heavy atom. The second kappa shape index (κ2) is 9.06. The van der Waals surface area contributed by atoms with Gasteiger partial charge in [0.05, 0.1) is 10.9 Å². The standard InChI is InChI=1S/C21H24ClN3O3/c1-14-5-6-15(2)18(10-14)28-13-20(26)25-9-3-4-16(12-25)21(27)24-19-8-7-17(22)11-23-19/h5-8,10-11,16H,3-4,9,12-13H2,1-2H3,(H,23,24,27). The van der Waals surface area contributed by atoms with Gasteiger partial charge in [0.25, 0.3) is 5.91 Å². The van der Waals surface area contributed by atoms with Crippen molar-refractivity contribution in [3.05, 3.63) is 52.7 Å². The fraction of sp³-hybridized carbons (Fsp3) is 0.381. The zero-order valence-electron chi connectivity index (χ0n) is 16.1. The van der Waals surface area contributed by atoms with E-state index < -0.39 is 0 Å². The van der Waals surface area contributed by atoms with E-state index in [1.165, 1.54) is 6.20 Å². The zero-order valence-corrected chi connectivity index (χ0v) is 16.8. The van der Waals surface area contributed by atoms with Gasteiger partial charge >= 0.3 is 0 Å². The second-order valence-electron chi connectivity index (χ2n) is 7.09. The van der Waals surface area contributed by atoms with Gasteiger partial charge in [-0.2, -0.15) is 0 Å². The third kappa shape index (κ3) is 5.23. The number of aromatic nitrogens is 1. The van der Waals surface area contributed by atoms with Crippen molar-refractivity contribution in [1.29, 1.82) is 0 Å². The lowest BCUT2D eigenvalue weighted by atomic mass is 9.97. The van der Waals surface area contributed by atoms with E-state index in [-0.39, 0.29) is 24.3 Å². The van der Waals surface area contributed by atoms with Gasteiger partial charge < -0.3 is 15.0 Å². The fourth-order valence-corrected chi connectivity index (χ4v) is 3.30. The maximum atomic E-state index is 12.6. The lowest BCUT2D eigenvalue weighted by Crippen LogP contribution is -2.45. The van der Waals surface area contributed by atoms with E-state index in [1.54, 1.807) is 17.0 Å². The number of benzene rings is 1. The van der Waals surface area contributed by atoms with Crippen LogP contribution in [-0.2, 0) is 9.59 Å². The fourth-order valence-electron chi connectivity index (χ4n) is 3.19. The number of likely N-dealkylation sites (tertiary alicyclic amines) is 1. The molecule has 2 heterocycles. The summed E-state index contributed by atoms with van der Waals surface area (Å²) in [7, 11) is 0. The lowest BCUT2D eigenvalue weighted by molar-refractivity contribution is -0.136. The highest BCUT2D eigenvalue weighted by Gasteiger charge is 2.28. The minimum absolute atomic E-state index is 0.0304. The molecule has 1 unspecified atom stereocenters. The van der Waals surface area contributed by atoms with Gasteiger partial charge in [-0.3, -0.25) is 9.59 Å². The Kier molecular flexibility index (Phi) is 6.52. The minimum atomic E-state index is -0.268. The third-order valence-corrected chi connectivity index (χ3v) is 5.04. The largest absolute Gasteiger partial charge is 0.483 e. The highest BCUT2D eigenvalue weighted by molar-refractivity contribution is 6.30. The molecule has 0 bridgehead atoms. The van der Waals surface area contributed by atoms with Gasteiger partial charge in [0.2, 0.25) is 5.91 Å². The van der Waals surface area contributed by atoms with Crippen LogP contribution in [0, 0.1) is 19.8 Å². The Morgan fingerprint density at radius 2 is 2.11 bits per heavy atom. The SMILES string of the molecule is Cc1ccc(C)c(OCC(=O)N2CCCC(C(=O)Nc3ccc(Cl)cn3)C2)c1. The summed E-state index contributed by atoms with van der Waals surface area (Å²) in [5, 5.41) is 3.30. The summed E-state index contributed by atoms with van der Waals surface area (Å²) in [4.78, 5) is 30.9. The maximum absolute atomic E-state index is 12.6. The molecule has 1 aromatic carbocycles. The molecule has 148 valence electrons. The van der Waals surface area contributed by atoms with Crippen LogP contribution in [0.1, 0.15) is 24.0 Å². The van der Waals surface area contributed by atoms with Gasteiger partial charge in [-0.1, -0.05) is 23.7 Å². The number of amides is 2. The van der Waals surface area contributed by atoms with E-state index in [1.807, 2.05) is 32.0 Å². The van der Waals surface area contributed by atoms with Crippen LogP contribution in [0.2, 0.25) is 5.02 Å². The first-order valence-electron chi connectivity index (χ1n) is 9.32. The summed E-state index contributed by atoms with van der Waals surface area (Å²) in [6.07, 6.45) is 3.00. The third-order valence-electron chi connectivity index (χ3n) is 4.82. The topological polar surface area (TPSA) is 71.5 Å². The van der Waals surface area contributed by atoms with Crippen LogP contribution in [0.3, 0.4) is 0 Å². The van der Waals surface area contributed by atoms with Crippen molar-refractivity contribution in [3.8, 4) is 5.75 Å². The van der Waals surface area contributed by atoms with Crippen molar-refractivity contribution in [1.82, 2.24) is 9.88 Å². The van der Waals surface area contributed by atoms with Gasteiger partial charge in [0.15, 0.2) is 6.61 Å². The summed E-state index contributed by atoms with van der Waals surface area (Å²) in [6, 6.07) is 9.23. The summed E-state index contributed by atoms with van der Waals surface area (Å²) in [5.74, 6) is 0.659. The van der Waals surface area contributed by atoms with Gasteiger partial charge in [-0.15, -0.1) is 0 Å². The number of piperidine rings is 1. The second-order valence-corrected chi connectivity index (χ2v) is 7.52. The smallest absolute Gasteiger partial charge is 0.260 e. The van der Waals surface area contributed by atoms with Crippen molar-refractivity contribution in [2.45, 2.75) is 26.7 Å². The molecule has 28 heavy (non-hydrogen) atoms.